The summed E-state index contributed by atoms with van der Waals surface area (Å²) < 4.78 is 11.5. The Labute approximate surface area is 122 Å². The number of ether oxygens (including phenoxy) is 1. The fourth-order valence-corrected chi connectivity index (χ4v) is 3.08. The van der Waals surface area contributed by atoms with E-state index in [1.54, 1.807) is 11.8 Å². The molecule has 0 bridgehead atoms. The van der Waals surface area contributed by atoms with Crippen LogP contribution in [0.5, 0.6) is 0 Å². The number of amides is 1. The average molecular weight is 296 g/mol. The average Bonchev–Trinajstić information content (AvgIpc) is 2.93. The summed E-state index contributed by atoms with van der Waals surface area (Å²) in [5.41, 5.74) is -0.413. The topological polar surface area (TPSA) is 91.9 Å². The van der Waals surface area contributed by atoms with Crippen molar-refractivity contribution in [1.29, 1.82) is 0 Å². The van der Waals surface area contributed by atoms with Gasteiger partial charge in [0.25, 0.3) is 0 Å². The number of aliphatic hydroxyl groups is 1. The predicted molar refractivity (Wildman–Crippen MR) is 72.8 cm³/mol. The van der Waals surface area contributed by atoms with Crippen molar-refractivity contribution >= 4 is 11.9 Å². The Bertz CT molecular complexity index is 516. The summed E-state index contributed by atoms with van der Waals surface area (Å²) >= 11 is 0. The Hall–Kier alpha value is -1.67. The summed E-state index contributed by atoms with van der Waals surface area (Å²) in [6.45, 7) is 4.27. The number of morpholine rings is 1. The molecule has 3 rings (SSSR count). The summed E-state index contributed by atoms with van der Waals surface area (Å²) in [6.07, 6.45) is 1.81. The molecule has 2 aliphatic rings. The molecular formula is C13H20N4O4. The van der Waals surface area contributed by atoms with E-state index in [1.165, 1.54) is 0 Å². The minimum Gasteiger partial charge on any atom is -0.408 e. The lowest BCUT2D eigenvalue weighted by molar-refractivity contribution is -0.154. The van der Waals surface area contributed by atoms with Gasteiger partial charge >= 0.3 is 6.01 Å². The van der Waals surface area contributed by atoms with Gasteiger partial charge in [-0.2, -0.15) is 0 Å². The molecule has 0 aromatic carbocycles. The molecule has 1 aromatic heterocycles. The number of hydrogen-bond donors (Lipinski definition) is 1. The highest BCUT2D eigenvalue weighted by Gasteiger charge is 2.42. The third-order valence-corrected chi connectivity index (χ3v) is 4.06. The molecule has 1 aromatic rings. The van der Waals surface area contributed by atoms with Crippen molar-refractivity contribution < 1.29 is 19.1 Å². The zero-order valence-electron chi connectivity index (χ0n) is 12.1. The molecule has 1 atom stereocenters. The molecule has 8 nitrogen and oxygen atoms in total. The molecule has 3 heterocycles. The van der Waals surface area contributed by atoms with Gasteiger partial charge in [-0.1, -0.05) is 5.10 Å². The highest BCUT2D eigenvalue weighted by atomic mass is 16.5. The number of rotatable bonds is 2. The van der Waals surface area contributed by atoms with Crippen LogP contribution in [-0.4, -0.2) is 71.1 Å². The molecule has 21 heavy (non-hydrogen) atoms. The lowest BCUT2D eigenvalue weighted by Gasteiger charge is -2.47. The number of aromatic nitrogens is 2. The van der Waals surface area contributed by atoms with Crippen LogP contribution in [0.25, 0.3) is 0 Å². The van der Waals surface area contributed by atoms with Gasteiger partial charge in [-0.05, 0) is 12.8 Å². The van der Waals surface area contributed by atoms with E-state index >= 15 is 0 Å². The number of carbonyl (C=O) groups excluding carboxylic acids is 1. The van der Waals surface area contributed by atoms with Crippen LogP contribution in [0.15, 0.2) is 4.42 Å². The van der Waals surface area contributed by atoms with Crippen LogP contribution in [0, 0.1) is 6.92 Å². The lowest BCUT2D eigenvalue weighted by Crippen LogP contribution is -2.61. The molecule has 2 saturated heterocycles. The number of nitrogens with zero attached hydrogens (tertiary/aromatic N) is 4. The van der Waals surface area contributed by atoms with Crippen LogP contribution >= 0.6 is 0 Å². The minimum atomic E-state index is -0.456. The second kappa shape index (κ2) is 5.61. The van der Waals surface area contributed by atoms with Gasteiger partial charge in [0, 0.05) is 20.0 Å². The summed E-state index contributed by atoms with van der Waals surface area (Å²) in [5.74, 6) is 0.287. The van der Waals surface area contributed by atoms with Crippen LogP contribution in [-0.2, 0) is 9.53 Å². The van der Waals surface area contributed by atoms with E-state index in [2.05, 4.69) is 10.2 Å². The third-order valence-electron chi connectivity index (χ3n) is 4.06. The van der Waals surface area contributed by atoms with E-state index in [4.69, 9.17) is 14.3 Å². The van der Waals surface area contributed by atoms with Gasteiger partial charge in [-0.15, -0.1) is 5.10 Å². The summed E-state index contributed by atoms with van der Waals surface area (Å²) in [6, 6.07) is 0.501. The van der Waals surface area contributed by atoms with Crippen LogP contribution in [0.4, 0.5) is 6.01 Å². The predicted octanol–water partition coefficient (Wildman–Crippen LogP) is -0.432. The number of anilines is 1. The minimum absolute atomic E-state index is 0.247. The molecule has 0 radical (unpaired) electrons. The maximum atomic E-state index is 11.7. The second-order valence-corrected chi connectivity index (χ2v) is 5.63. The first-order chi connectivity index (χ1) is 10.1. The molecule has 0 saturated carbocycles. The van der Waals surface area contributed by atoms with Gasteiger partial charge in [0.2, 0.25) is 11.8 Å². The maximum Gasteiger partial charge on any atom is 0.318 e. The molecule has 2 fully saturated rings. The molecule has 1 N–H and O–H groups in total. The Morgan fingerprint density at radius 3 is 2.95 bits per heavy atom. The van der Waals surface area contributed by atoms with Gasteiger partial charge in [0.05, 0.1) is 19.7 Å². The molecule has 1 amide bonds. The number of hydrogen-bond acceptors (Lipinski definition) is 7. The zero-order valence-corrected chi connectivity index (χ0v) is 12.1. The van der Waals surface area contributed by atoms with Crippen molar-refractivity contribution in [3.05, 3.63) is 5.89 Å². The van der Waals surface area contributed by atoms with E-state index in [9.17, 15) is 4.79 Å². The Morgan fingerprint density at radius 2 is 2.24 bits per heavy atom. The Balaban J connectivity index is 1.73. The van der Waals surface area contributed by atoms with Crippen LogP contribution < -0.4 is 4.90 Å². The van der Waals surface area contributed by atoms with Crippen molar-refractivity contribution in [2.24, 2.45) is 0 Å². The molecule has 0 aliphatic carbocycles. The zero-order chi connectivity index (χ0) is 14.9. The SMILES string of the molecule is Cc1nnc(N2CCCC3(CN(C(=O)CO)CCO3)C2)o1. The van der Waals surface area contributed by atoms with Crippen molar-refractivity contribution in [3.8, 4) is 0 Å². The molecule has 8 heteroatoms. The van der Waals surface area contributed by atoms with Gasteiger partial charge in [-0.25, -0.2) is 0 Å². The van der Waals surface area contributed by atoms with Crippen LogP contribution in [0.3, 0.4) is 0 Å². The van der Waals surface area contributed by atoms with E-state index in [0.717, 1.165) is 19.4 Å². The monoisotopic (exact) mass is 296 g/mol. The summed E-state index contributed by atoms with van der Waals surface area (Å²) in [4.78, 5) is 15.4. The molecule has 1 unspecified atom stereocenters. The first kappa shape index (κ1) is 14.3. The Kier molecular flexibility index (Phi) is 3.81. The van der Waals surface area contributed by atoms with Crippen LogP contribution in [0.2, 0.25) is 0 Å². The first-order valence-corrected chi connectivity index (χ1v) is 7.19. The molecule has 116 valence electrons. The van der Waals surface area contributed by atoms with E-state index in [1.807, 2.05) is 4.90 Å². The van der Waals surface area contributed by atoms with E-state index in [-0.39, 0.29) is 5.91 Å². The third kappa shape index (κ3) is 2.86. The van der Waals surface area contributed by atoms with Crippen molar-refractivity contribution in [1.82, 2.24) is 15.1 Å². The van der Waals surface area contributed by atoms with E-state index in [0.29, 0.717) is 38.1 Å². The number of aliphatic hydroxyl groups excluding tert-OH is 1. The number of aryl methyl sites for hydroxylation is 1. The first-order valence-electron chi connectivity index (χ1n) is 7.19. The summed E-state index contributed by atoms with van der Waals surface area (Å²) in [7, 11) is 0. The van der Waals surface area contributed by atoms with Crippen LogP contribution in [0.1, 0.15) is 18.7 Å². The van der Waals surface area contributed by atoms with Crippen molar-refractivity contribution in [2.75, 3.05) is 44.3 Å². The number of carbonyl (C=O) groups is 1. The normalized spacial score (nSPS) is 26.4. The van der Waals surface area contributed by atoms with Gasteiger partial charge in [0.1, 0.15) is 12.2 Å². The summed E-state index contributed by atoms with van der Waals surface area (Å²) in [5, 5.41) is 16.9. The van der Waals surface area contributed by atoms with Crippen molar-refractivity contribution in [2.45, 2.75) is 25.4 Å². The highest BCUT2D eigenvalue weighted by molar-refractivity contribution is 5.77. The standard InChI is InChI=1S/C13H20N4O4/c1-10-14-15-12(21-10)17-4-2-3-13(9-17)8-16(5-6-20-13)11(19)7-18/h18H,2-9H2,1H3. The lowest BCUT2D eigenvalue weighted by atomic mass is 9.91. The quantitative estimate of drug-likeness (QED) is 0.791. The number of piperidine rings is 1. The van der Waals surface area contributed by atoms with Gasteiger partial charge < -0.3 is 24.1 Å². The molecule has 1 spiro atoms. The highest BCUT2D eigenvalue weighted by Crippen LogP contribution is 2.31. The molecular weight excluding hydrogens is 276 g/mol. The van der Waals surface area contributed by atoms with E-state index < -0.39 is 12.2 Å². The van der Waals surface area contributed by atoms with Gasteiger partial charge in [-0.3, -0.25) is 4.79 Å². The van der Waals surface area contributed by atoms with Crippen molar-refractivity contribution in [3.63, 3.8) is 0 Å². The van der Waals surface area contributed by atoms with Gasteiger partial charge in [0.15, 0.2) is 0 Å². The Morgan fingerprint density at radius 1 is 1.38 bits per heavy atom. The fourth-order valence-electron chi connectivity index (χ4n) is 3.08. The smallest absolute Gasteiger partial charge is 0.318 e. The second-order valence-electron chi connectivity index (χ2n) is 5.63. The fraction of sp³-hybridized carbons (Fsp3) is 0.769. The maximum absolute atomic E-state index is 11.7. The largest absolute Gasteiger partial charge is 0.408 e. The molecule has 2 aliphatic heterocycles.